The quantitative estimate of drug-likeness (QED) is 0.846. The number of rotatable bonds is 6. The van der Waals surface area contributed by atoms with Crippen LogP contribution in [-0.4, -0.2) is 27.4 Å². The number of fused-ring (bicyclic) bond motifs is 1. The predicted molar refractivity (Wildman–Crippen MR) is 94.7 cm³/mol. The summed E-state index contributed by atoms with van der Waals surface area (Å²) in [5.41, 5.74) is 1.78. The molecule has 0 radical (unpaired) electrons. The van der Waals surface area contributed by atoms with Crippen molar-refractivity contribution in [3.8, 4) is 0 Å². The largest absolute Gasteiger partial charge is 0.352 e. The van der Waals surface area contributed by atoms with Crippen LogP contribution >= 0.6 is 0 Å². The maximum absolute atomic E-state index is 12.5. The average Bonchev–Trinajstić information content (AvgIpc) is 3.25. The van der Waals surface area contributed by atoms with Crippen LogP contribution in [0.3, 0.4) is 0 Å². The van der Waals surface area contributed by atoms with E-state index in [-0.39, 0.29) is 24.3 Å². The number of amides is 2. The third-order valence-electron chi connectivity index (χ3n) is 5.12. The van der Waals surface area contributed by atoms with Crippen molar-refractivity contribution in [2.75, 3.05) is 0 Å². The highest BCUT2D eigenvalue weighted by atomic mass is 16.2. The Morgan fingerprint density at radius 3 is 2.64 bits per heavy atom. The average molecular weight is 340 g/mol. The van der Waals surface area contributed by atoms with Gasteiger partial charge in [-0.05, 0) is 37.8 Å². The van der Waals surface area contributed by atoms with Crippen molar-refractivity contribution >= 4 is 22.8 Å². The molecule has 6 nitrogen and oxygen atoms in total. The Kier molecular flexibility index (Phi) is 4.42. The van der Waals surface area contributed by atoms with E-state index in [0.29, 0.717) is 12.6 Å². The molecule has 2 aromatic rings. The minimum absolute atomic E-state index is 0.0184. The molecule has 2 N–H and O–H groups in total. The second-order valence-electron chi connectivity index (χ2n) is 7.14. The number of nitrogens with zero attached hydrogens (tertiary/aromatic N) is 2. The van der Waals surface area contributed by atoms with Crippen LogP contribution in [0.4, 0.5) is 0 Å². The number of benzene rings is 1. The highest BCUT2D eigenvalue weighted by Gasteiger charge is 2.29. The number of carbonyl (C=O) groups excluding carboxylic acids is 2. The summed E-state index contributed by atoms with van der Waals surface area (Å²) >= 11 is 0. The van der Waals surface area contributed by atoms with E-state index in [2.05, 4.69) is 15.6 Å². The lowest BCUT2D eigenvalue weighted by atomic mass is 10.2. The van der Waals surface area contributed by atoms with Gasteiger partial charge in [0.25, 0.3) is 0 Å². The smallest absolute Gasteiger partial charge is 0.240 e. The van der Waals surface area contributed by atoms with Gasteiger partial charge in [-0.1, -0.05) is 25.0 Å². The van der Waals surface area contributed by atoms with Crippen LogP contribution in [0.25, 0.3) is 11.0 Å². The van der Waals surface area contributed by atoms with E-state index in [4.69, 9.17) is 0 Å². The zero-order chi connectivity index (χ0) is 17.2. The Hall–Kier alpha value is -2.37. The van der Waals surface area contributed by atoms with E-state index in [1.807, 2.05) is 28.8 Å². The third kappa shape index (κ3) is 3.67. The lowest BCUT2D eigenvalue weighted by Gasteiger charge is -2.14. The zero-order valence-electron chi connectivity index (χ0n) is 14.3. The van der Waals surface area contributed by atoms with Crippen molar-refractivity contribution in [1.82, 2.24) is 20.2 Å². The first-order valence-corrected chi connectivity index (χ1v) is 9.22. The van der Waals surface area contributed by atoms with Gasteiger partial charge < -0.3 is 15.2 Å². The van der Waals surface area contributed by atoms with Crippen molar-refractivity contribution in [3.63, 3.8) is 0 Å². The molecule has 2 aliphatic carbocycles. The number of para-hydroxylation sites is 2. The summed E-state index contributed by atoms with van der Waals surface area (Å²) in [5, 5.41) is 6.08. The fourth-order valence-corrected chi connectivity index (χ4v) is 3.58. The molecule has 2 fully saturated rings. The van der Waals surface area contributed by atoms with Crippen molar-refractivity contribution in [2.45, 2.75) is 57.7 Å². The Balaban J connectivity index is 1.51. The Bertz CT molecular complexity index is 788. The molecule has 1 aromatic carbocycles. The minimum Gasteiger partial charge on any atom is -0.352 e. The minimum atomic E-state index is 0.0184. The number of imidazole rings is 1. The summed E-state index contributed by atoms with van der Waals surface area (Å²) in [6.07, 6.45) is 6.48. The van der Waals surface area contributed by atoms with E-state index < -0.39 is 0 Å². The van der Waals surface area contributed by atoms with Gasteiger partial charge in [0.1, 0.15) is 12.4 Å². The number of hydrogen-bond acceptors (Lipinski definition) is 3. The number of nitrogens with one attached hydrogen (secondary N) is 2. The molecular formula is C19H24N4O2. The Morgan fingerprint density at radius 1 is 1.12 bits per heavy atom. The van der Waals surface area contributed by atoms with Crippen LogP contribution in [0.5, 0.6) is 0 Å². The highest BCUT2D eigenvalue weighted by molar-refractivity contribution is 5.82. The fraction of sp³-hybridized carbons (Fsp3) is 0.526. The molecule has 2 aliphatic rings. The lowest BCUT2D eigenvalue weighted by Crippen LogP contribution is -2.36. The second-order valence-corrected chi connectivity index (χ2v) is 7.14. The van der Waals surface area contributed by atoms with Gasteiger partial charge in [0.05, 0.1) is 17.6 Å². The van der Waals surface area contributed by atoms with Gasteiger partial charge in [-0.3, -0.25) is 9.59 Å². The van der Waals surface area contributed by atoms with Gasteiger partial charge in [0.2, 0.25) is 11.8 Å². The van der Waals surface area contributed by atoms with Gasteiger partial charge in [-0.15, -0.1) is 0 Å². The van der Waals surface area contributed by atoms with E-state index in [1.54, 1.807) is 0 Å². The maximum Gasteiger partial charge on any atom is 0.240 e. The van der Waals surface area contributed by atoms with Crippen LogP contribution in [0, 0.1) is 5.92 Å². The normalized spacial score (nSPS) is 17.8. The first-order valence-electron chi connectivity index (χ1n) is 9.22. The fourth-order valence-electron chi connectivity index (χ4n) is 3.58. The van der Waals surface area contributed by atoms with Gasteiger partial charge in [-0.2, -0.15) is 0 Å². The summed E-state index contributed by atoms with van der Waals surface area (Å²) in [4.78, 5) is 29.0. The van der Waals surface area contributed by atoms with Gasteiger partial charge in [0, 0.05) is 12.0 Å². The first-order chi connectivity index (χ1) is 12.2. The Morgan fingerprint density at radius 2 is 1.88 bits per heavy atom. The van der Waals surface area contributed by atoms with Gasteiger partial charge in [-0.25, -0.2) is 4.98 Å². The van der Waals surface area contributed by atoms with E-state index in [0.717, 1.165) is 42.5 Å². The summed E-state index contributed by atoms with van der Waals surface area (Å²) in [5.74, 6) is 1.01. The van der Waals surface area contributed by atoms with E-state index >= 15 is 0 Å². The van der Waals surface area contributed by atoms with Crippen LogP contribution in [0.2, 0.25) is 0 Å². The molecule has 2 saturated carbocycles. The molecule has 6 heteroatoms. The molecule has 0 aliphatic heterocycles. The van der Waals surface area contributed by atoms with Crippen molar-refractivity contribution in [3.05, 3.63) is 30.1 Å². The van der Waals surface area contributed by atoms with Crippen LogP contribution in [-0.2, 0) is 22.7 Å². The molecule has 0 saturated heterocycles. The molecule has 0 bridgehead atoms. The summed E-state index contributed by atoms with van der Waals surface area (Å²) in [7, 11) is 0. The number of carbonyl (C=O) groups is 2. The second kappa shape index (κ2) is 6.86. The SMILES string of the molecule is O=C(Cn1c(CNC(=O)C2CC2)nc2ccccc21)NC1CCCC1. The highest BCUT2D eigenvalue weighted by Crippen LogP contribution is 2.29. The molecule has 1 heterocycles. The number of hydrogen-bond donors (Lipinski definition) is 2. The molecule has 25 heavy (non-hydrogen) atoms. The Labute approximate surface area is 147 Å². The van der Waals surface area contributed by atoms with E-state index in [9.17, 15) is 9.59 Å². The summed E-state index contributed by atoms with van der Waals surface area (Å²) in [6, 6.07) is 8.09. The van der Waals surface area contributed by atoms with Crippen LogP contribution < -0.4 is 10.6 Å². The van der Waals surface area contributed by atoms with Crippen molar-refractivity contribution in [2.24, 2.45) is 5.92 Å². The molecule has 1 aromatic heterocycles. The van der Waals surface area contributed by atoms with Crippen molar-refractivity contribution < 1.29 is 9.59 Å². The number of aromatic nitrogens is 2. The van der Waals surface area contributed by atoms with E-state index in [1.165, 1.54) is 12.8 Å². The molecule has 0 atom stereocenters. The first kappa shape index (κ1) is 16.1. The topological polar surface area (TPSA) is 76.0 Å². The molecule has 132 valence electrons. The summed E-state index contributed by atoms with van der Waals surface area (Å²) < 4.78 is 1.92. The van der Waals surface area contributed by atoms with Crippen molar-refractivity contribution in [1.29, 1.82) is 0 Å². The van der Waals surface area contributed by atoms with Gasteiger partial charge >= 0.3 is 0 Å². The third-order valence-corrected chi connectivity index (χ3v) is 5.12. The monoisotopic (exact) mass is 340 g/mol. The van der Waals surface area contributed by atoms with Crippen LogP contribution in [0.15, 0.2) is 24.3 Å². The zero-order valence-corrected chi connectivity index (χ0v) is 14.3. The van der Waals surface area contributed by atoms with Gasteiger partial charge in [0.15, 0.2) is 0 Å². The molecule has 4 rings (SSSR count). The van der Waals surface area contributed by atoms with Crippen LogP contribution in [0.1, 0.15) is 44.3 Å². The standard InChI is InChI=1S/C19H24N4O2/c24-18(21-14-5-1-2-6-14)12-23-16-8-4-3-7-15(16)22-17(23)11-20-19(25)13-9-10-13/h3-4,7-8,13-14H,1-2,5-6,9-12H2,(H,20,25)(H,21,24). The molecular weight excluding hydrogens is 316 g/mol. The molecule has 0 spiro atoms. The summed E-state index contributed by atoms with van der Waals surface area (Å²) in [6.45, 7) is 0.604. The predicted octanol–water partition coefficient (Wildman–Crippen LogP) is 2.12. The molecule has 0 unspecified atom stereocenters. The maximum atomic E-state index is 12.5. The lowest BCUT2D eigenvalue weighted by molar-refractivity contribution is -0.122. The molecule has 2 amide bonds.